The average molecular weight is 511 g/mol. The standard InChI is InChI=1S/C28H34N2O5S/c31-26(29-19-8-2-1-3-9-19)15-17-36-16-14-25(27(32)33)30-28(34)35-18-24-22-12-6-4-10-20(22)21-11-5-7-13-23(21)24/h4-7,10-13,19,24-25H,1-3,8-9,14-18H2,(H,29,31)(H,30,34)(H,32,33). The van der Waals surface area contributed by atoms with Crippen LogP contribution < -0.4 is 10.6 Å². The lowest BCUT2D eigenvalue weighted by molar-refractivity contribution is -0.139. The highest BCUT2D eigenvalue weighted by molar-refractivity contribution is 7.99. The van der Waals surface area contributed by atoms with Gasteiger partial charge in [0.25, 0.3) is 0 Å². The Bertz CT molecular complexity index is 1020. The third-order valence-corrected chi connectivity index (χ3v) is 7.95. The zero-order chi connectivity index (χ0) is 25.3. The number of carbonyl (C=O) groups is 3. The number of benzene rings is 2. The molecular weight excluding hydrogens is 476 g/mol. The van der Waals surface area contributed by atoms with Crippen molar-refractivity contribution < 1.29 is 24.2 Å². The molecule has 0 heterocycles. The van der Waals surface area contributed by atoms with E-state index < -0.39 is 18.1 Å². The molecule has 2 aromatic carbocycles. The maximum atomic E-state index is 12.4. The highest BCUT2D eigenvalue weighted by Crippen LogP contribution is 2.44. The van der Waals surface area contributed by atoms with Crippen LogP contribution in [0.3, 0.4) is 0 Å². The van der Waals surface area contributed by atoms with E-state index in [1.54, 1.807) is 0 Å². The van der Waals surface area contributed by atoms with Crippen molar-refractivity contribution in [1.82, 2.24) is 10.6 Å². The summed E-state index contributed by atoms with van der Waals surface area (Å²) in [6.07, 6.45) is 5.65. The van der Waals surface area contributed by atoms with Crippen LogP contribution in [0.1, 0.15) is 62.0 Å². The number of rotatable bonds is 11. The van der Waals surface area contributed by atoms with Crippen LogP contribution in [0, 0.1) is 0 Å². The number of aliphatic carboxylic acids is 1. The van der Waals surface area contributed by atoms with E-state index in [1.807, 2.05) is 36.4 Å². The number of amides is 2. The first-order chi connectivity index (χ1) is 17.5. The lowest BCUT2D eigenvalue weighted by Gasteiger charge is -2.22. The molecule has 4 rings (SSSR count). The van der Waals surface area contributed by atoms with E-state index in [2.05, 4.69) is 22.8 Å². The summed E-state index contributed by atoms with van der Waals surface area (Å²) >= 11 is 1.52. The largest absolute Gasteiger partial charge is 0.480 e. The van der Waals surface area contributed by atoms with Crippen molar-refractivity contribution in [2.45, 2.75) is 62.9 Å². The molecule has 2 aliphatic rings. The van der Waals surface area contributed by atoms with Gasteiger partial charge in [-0.2, -0.15) is 11.8 Å². The minimum absolute atomic E-state index is 0.0564. The van der Waals surface area contributed by atoms with Gasteiger partial charge in [-0.1, -0.05) is 67.8 Å². The first kappa shape index (κ1) is 26.1. The van der Waals surface area contributed by atoms with E-state index in [4.69, 9.17) is 4.74 Å². The number of thioether (sulfide) groups is 1. The Morgan fingerprint density at radius 2 is 1.58 bits per heavy atom. The van der Waals surface area contributed by atoms with Gasteiger partial charge in [0.1, 0.15) is 12.6 Å². The summed E-state index contributed by atoms with van der Waals surface area (Å²) in [5, 5.41) is 15.1. The fourth-order valence-corrected chi connectivity index (χ4v) is 5.99. The number of nitrogens with one attached hydrogen (secondary N) is 2. The molecule has 2 amide bonds. The highest BCUT2D eigenvalue weighted by atomic mass is 32.2. The van der Waals surface area contributed by atoms with Crippen LogP contribution in [0.2, 0.25) is 0 Å². The zero-order valence-electron chi connectivity index (χ0n) is 20.4. The monoisotopic (exact) mass is 510 g/mol. The average Bonchev–Trinajstić information content (AvgIpc) is 3.20. The van der Waals surface area contributed by atoms with Gasteiger partial charge in [0.05, 0.1) is 0 Å². The second kappa shape index (κ2) is 12.8. The molecule has 0 aliphatic heterocycles. The maximum absolute atomic E-state index is 12.4. The summed E-state index contributed by atoms with van der Waals surface area (Å²) in [6, 6.07) is 15.4. The quantitative estimate of drug-likeness (QED) is 0.370. The molecule has 2 aliphatic carbocycles. The molecule has 1 unspecified atom stereocenters. The molecule has 2 aromatic rings. The van der Waals surface area contributed by atoms with Gasteiger partial charge >= 0.3 is 12.1 Å². The summed E-state index contributed by atoms with van der Waals surface area (Å²) in [6.45, 7) is 0.136. The molecule has 8 heteroatoms. The second-order valence-corrected chi connectivity index (χ2v) is 10.6. The van der Waals surface area contributed by atoms with E-state index in [9.17, 15) is 19.5 Å². The van der Waals surface area contributed by atoms with Crippen LogP contribution in [0.15, 0.2) is 48.5 Å². The number of fused-ring (bicyclic) bond motifs is 3. The highest BCUT2D eigenvalue weighted by Gasteiger charge is 2.29. The first-order valence-electron chi connectivity index (χ1n) is 12.7. The molecule has 3 N–H and O–H groups in total. The van der Waals surface area contributed by atoms with Crippen molar-refractivity contribution in [2.24, 2.45) is 0 Å². The van der Waals surface area contributed by atoms with Crippen molar-refractivity contribution >= 4 is 29.7 Å². The molecule has 0 spiro atoms. The SMILES string of the molecule is O=C(CCSCCC(NC(=O)OCC1c2ccccc2-c2ccccc21)C(=O)O)NC1CCCCC1. The minimum Gasteiger partial charge on any atom is -0.480 e. The Labute approximate surface area is 216 Å². The summed E-state index contributed by atoms with van der Waals surface area (Å²) in [4.78, 5) is 36.2. The fourth-order valence-electron chi connectivity index (χ4n) is 5.05. The number of carboxylic acid groups (broad SMARTS) is 1. The first-order valence-corrected chi connectivity index (χ1v) is 13.9. The third-order valence-electron chi connectivity index (χ3n) is 6.93. The molecular formula is C28H34N2O5S. The Morgan fingerprint density at radius 1 is 0.944 bits per heavy atom. The number of carboxylic acids is 1. The molecule has 0 aromatic heterocycles. The summed E-state index contributed by atoms with van der Waals surface area (Å²) in [5.74, 6) is 0.0227. The third kappa shape index (κ3) is 6.81. The number of hydrogen-bond donors (Lipinski definition) is 3. The molecule has 1 atom stereocenters. The van der Waals surface area contributed by atoms with E-state index >= 15 is 0 Å². The number of carbonyl (C=O) groups excluding carboxylic acids is 2. The summed E-state index contributed by atoms with van der Waals surface area (Å²) in [7, 11) is 0. The smallest absolute Gasteiger partial charge is 0.407 e. The lowest BCUT2D eigenvalue weighted by atomic mass is 9.95. The molecule has 0 bridgehead atoms. The van der Waals surface area contributed by atoms with Crippen LogP contribution in [-0.2, 0) is 14.3 Å². The summed E-state index contributed by atoms with van der Waals surface area (Å²) < 4.78 is 5.48. The minimum atomic E-state index is -1.10. The van der Waals surface area contributed by atoms with E-state index in [1.165, 1.54) is 31.0 Å². The van der Waals surface area contributed by atoms with Gasteiger partial charge < -0.3 is 20.5 Å². The van der Waals surface area contributed by atoms with Crippen LogP contribution in [0.4, 0.5) is 4.79 Å². The van der Waals surface area contributed by atoms with Crippen molar-refractivity contribution in [3.05, 3.63) is 59.7 Å². The molecule has 7 nitrogen and oxygen atoms in total. The van der Waals surface area contributed by atoms with Crippen molar-refractivity contribution in [2.75, 3.05) is 18.1 Å². The lowest BCUT2D eigenvalue weighted by Crippen LogP contribution is -2.41. The normalized spacial score (nSPS) is 16.0. The molecule has 1 fully saturated rings. The van der Waals surface area contributed by atoms with E-state index in [0.29, 0.717) is 24.0 Å². The number of alkyl carbamates (subject to hydrolysis) is 1. The van der Waals surface area contributed by atoms with Gasteiger partial charge in [0, 0.05) is 24.1 Å². The van der Waals surface area contributed by atoms with E-state index in [0.717, 1.165) is 35.1 Å². The molecule has 192 valence electrons. The second-order valence-electron chi connectivity index (χ2n) is 9.41. The summed E-state index contributed by atoms with van der Waals surface area (Å²) in [5.41, 5.74) is 4.47. The van der Waals surface area contributed by atoms with Gasteiger partial charge in [0.15, 0.2) is 0 Å². The Kier molecular flexibility index (Phi) is 9.28. The zero-order valence-corrected chi connectivity index (χ0v) is 21.2. The van der Waals surface area contributed by atoms with Gasteiger partial charge in [-0.15, -0.1) is 0 Å². The van der Waals surface area contributed by atoms with Crippen molar-refractivity contribution in [3.63, 3.8) is 0 Å². The molecule has 0 saturated heterocycles. The molecule has 1 saturated carbocycles. The van der Waals surface area contributed by atoms with Crippen LogP contribution >= 0.6 is 11.8 Å². The van der Waals surface area contributed by atoms with Crippen molar-refractivity contribution in [3.8, 4) is 11.1 Å². The van der Waals surface area contributed by atoms with Crippen LogP contribution in [0.5, 0.6) is 0 Å². The Morgan fingerprint density at radius 3 is 2.22 bits per heavy atom. The Hall–Kier alpha value is -3.00. The topological polar surface area (TPSA) is 105 Å². The Balaban J connectivity index is 1.19. The predicted molar refractivity (Wildman–Crippen MR) is 141 cm³/mol. The van der Waals surface area contributed by atoms with Gasteiger partial charge in [-0.25, -0.2) is 9.59 Å². The van der Waals surface area contributed by atoms with Gasteiger partial charge in [-0.05, 0) is 47.3 Å². The van der Waals surface area contributed by atoms with Crippen LogP contribution in [-0.4, -0.2) is 53.3 Å². The van der Waals surface area contributed by atoms with E-state index in [-0.39, 0.29) is 24.9 Å². The van der Waals surface area contributed by atoms with Gasteiger partial charge in [-0.3, -0.25) is 4.79 Å². The predicted octanol–water partition coefficient (Wildman–Crippen LogP) is 4.94. The van der Waals surface area contributed by atoms with Crippen molar-refractivity contribution in [1.29, 1.82) is 0 Å². The molecule has 36 heavy (non-hydrogen) atoms. The van der Waals surface area contributed by atoms with Gasteiger partial charge in [0.2, 0.25) is 5.91 Å². The molecule has 0 radical (unpaired) electrons. The number of ether oxygens (including phenoxy) is 1. The maximum Gasteiger partial charge on any atom is 0.407 e. The van der Waals surface area contributed by atoms with Crippen LogP contribution in [0.25, 0.3) is 11.1 Å². The number of hydrogen-bond acceptors (Lipinski definition) is 5. The fraction of sp³-hybridized carbons (Fsp3) is 0.464.